The second-order valence-corrected chi connectivity index (χ2v) is 4.17. The van der Waals surface area contributed by atoms with Crippen molar-refractivity contribution in [2.75, 3.05) is 0 Å². The van der Waals surface area contributed by atoms with Gasteiger partial charge in [-0.2, -0.15) is 5.26 Å². The summed E-state index contributed by atoms with van der Waals surface area (Å²) in [6, 6.07) is 20.0. The molecule has 3 nitrogen and oxygen atoms in total. The summed E-state index contributed by atoms with van der Waals surface area (Å²) in [4.78, 5) is 0. The standard InChI is InChI=1S/C16H14N2O/c17-12-11-15(18)16(19,13-7-3-1-4-8-13)14-9-5-2-6-10-14/h1-11,19H,18H2. The monoisotopic (exact) mass is 250 g/mol. The molecule has 2 aromatic rings. The summed E-state index contributed by atoms with van der Waals surface area (Å²) in [7, 11) is 0. The van der Waals surface area contributed by atoms with E-state index in [-0.39, 0.29) is 5.70 Å². The van der Waals surface area contributed by atoms with Gasteiger partial charge in [0.1, 0.15) is 0 Å². The van der Waals surface area contributed by atoms with E-state index in [1.807, 2.05) is 42.5 Å². The van der Waals surface area contributed by atoms with Crippen LogP contribution in [0.5, 0.6) is 0 Å². The lowest BCUT2D eigenvalue weighted by Crippen LogP contribution is -2.34. The summed E-state index contributed by atoms with van der Waals surface area (Å²) in [5.74, 6) is 0. The lowest BCUT2D eigenvalue weighted by molar-refractivity contribution is 0.119. The maximum atomic E-state index is 11.0. The molecule has 0 aromatic heterocycles. The molecule has 94 valence electrons. The smallest absolute Gasteiger partial charge is 0.155 e. The highest BCUT2D eigenvalue weighted by atomic mass is 16.3. The van der Waals surface area contributed by atoms with Crippen LogP contribution in [-0.4, -0.2) is 5.11 Å². The van der Waals surface area contributed by atoms with Gasteiger partial charge in [0.05, 0.1) is 11.8 Å². The van der Waals surface area contributed by atoms with Crippen molar-refractivity contribution in [3.63, 3.8) is 0 Å². The molecular weight excluding hydrogens is 236 g/mol. The molecule has 0 saturated carbocycles. The van der Waals surface area contributed by atoms with Crippen molar-refractivity contribution < 1.29 is 5.11 Å². The Balaban J connectivity index is 2.65. The van der Waals surface area contributed by atoms with Crippen LogP contribution in [0.15, 0.2) is 72.4 Å². The first-order valence-corrected chi connectivity index (χ1v) is 5.88. The highest BCUT2D eigenvalue weighted by molar-refractivity contribution is 5.45. The average Bonchev–Trinajstić information content (AvgIpc) is 2.48. The van der Waals surface area contributed by atoms with E-state index in [1.165, 1.54) is 6.08 Å². The lowest BCUT2D eigenvalue weighted by atomic mass is 9.83. The molecule has 0 fully saturated rings. The molecule has 0 atom stereocenters. The SMILES string of the molecule is N#CC=C(N)C(O)(c1ccccc1)c1ccccc1. The Morgan fingerprint density at radius 1 is 1.00 bits per heavy atom. The van der Waals surface area contributed by atoms with Crippen LogP contribution >= 0.6 is 0 Å². The second-order valence-electron chi connectivity index (χ2n) is 4.17. The van der Waals surface area contributed by atoms with Crippen molar-refractivity contribution in [1.82, 2.24) is 0 Å². The van der Waals surface area contributed by atoms with Gasteiger partial charge in [0.15, 0.2) is 5.60 Å². The van der Waals surface area contributed by atoms with Crippen LogP contribution in [0.2, 0.25) is 0 Å². The largest absolute Gasteiger partial charge is 0.399 e. The first kappa shape index (κ1) is 12.9. The molecule has 3 heteroatoms. The van der Waals surface area contributed by atoms with Gasteiger partial charge in [-0.15, -0.1) is 0 Å². The number of nitrogens with zero attached hydrogens (tertiary/aromatic N) is 1. The Kier molecular flexibility index (Phi) is 3.65. The predicted molar refractivity (Wildman–Crippen MR) is 73.8 cm³/mol. The van der Waals surface area contributed by atoms with E-state index in [0.717, 1.165) is 0 Å². The van der Waals surface area contributed by atoms with Crippen LogP contribution in [0.3, 0.4) is 0 Å². The fraction of sp³-hybridized carbons (Fsp3) is 0.0625. The molecule has 0 unspecified atom stereocenters. The van der Waals surface area contributed by atoms with Gasteiger partial charge in [0, 0.05) is 6.08 Å². The van der Waals surface area contributed by atoms with Crippen LogP contribution < -0.4 is 5.73 Å². The molecule has 2 aromatic carbocycles. The molecule has 3 N–H and O–H groups in total. The molecule has 0 bridgehead atoms. The van der Waals surface area contributed by atoms with Crippen molar-refractivity contribution >= 4 is 0 Å². The molecule has 0 spiro atoms. The highest BCUT2D eigenvalue weighted by Gasteiger charge is 2.34. The third-order valence-electron chi connectivity index (χ3n) is 3.02. The van der Waals surface area contributed by atoms with Gasteiger partial charge in [-0.1, -0.05) is 60.7 Å². The summed E-state index contributed by atoms with van der Waals surface area (Å²) in [5.41, 5.74) is 5.79. The van der Waals surface area contributed by atoms with Crippen LogP contribution in [-0.2, 0) is 5.60 Å². The summed E-state index contributed by atoms with van der Waals surface area (Å²) in [5, 5.41) is 19.8. The van der Waals surface area contributed by atoms with Gasteiger partial charge >= 0.3 is 0 Å². The maximum Gasteiger partial charge on any atom is 0.155 e. The van der Waals surface area contributed by atoms with E-state index < -0.39 is 5.60 Å². The zero-order valence-electron chi connectivity index (χ0n) is 10.3. The van der Waals surface area contributed by atoms with E-state index in [1.54, 1.807) is 24.3 Å². The fourth-order valence-corrected chi connectivity index (χ4v) is 2.03. The minimum Gasteiger partial charge on any atom is -0.399 e. The number of allylic oxidation sites excluding steroid dienone is 1. The van der Waals surface area contributed by atoms with Gasteiger partial charge in [0.2, 0.25) is 0 Å². The first-order chi connectivity index (χ1) is 9.19. The number of hydrogen-bond acceptors (Lipinski definition) is 3. The number of aliphatic hydroxyl groups is 1. The van der Waals surface area contributed by atoms with Gasteiger partial charge in [-0.3, -0.25) is 0 Å². The van der Waals surface area contributed by atoms with Crippen LogP contribution in [0, 0.1) is 11.3 Å². The summed E-state index contributed by atoms with van der Waals surface area (Å²) < 4.78 is 0. The molecule has 0 aliphatic carbocycles. The number of nitriles is 1. The van der Waals surface area contributed by atoms with Crippen LogP contribution in [0.1, 0.15) is 11.1 Å². The van der Waals surface area contributed by atoms with E-state index in [4.69, 9.17) is 11.0 Å². The number of benzene rings is 2. The minimum absolute atomic E-state index is 0.104. The highest BCUT2D eigenvalue weighted by Crippen LogP contribution is 2.33. The van der Waals surface area contributed by atoms with Gasteiger partial charge < -0.3 is 10.8 Å². The molecule has 0 radical (unpaired) electrons. The topological polar surface area (TPSA) is 70.0 Å². The van der Waals surface area contributed by atoms with E-state index in [0.29, 0.717) is 11.1 Å². The van der Waals surface area contributed by atoms with Crippen LogP contribution in [0.4, 0.5) is 0 Å². The Morgan fingerprint density at radius 2 is 1.42 bits per heavy atom. The Bertz CT molecular complexity index is 573. The molecule has 0 aliphatic heterocycles. The predicted octanol–water partition coefficient (Wildman–Crippen LogP) is 2.29. The number of hydrogen-bond donors (Lipinski definition) is 2. The van der Waals surface area contributed by atoms with Crippen molar-refractivity contribution in [2.24, 2.45) is 5.73 Å². The van der Waals surface area contributed by atoms with Gasteiger partial charge in [0.25, 0.3) is 0 Å². The Hall–Kier alpha value is -2.57. The maximum absolute atomic E-state index is 11.0. The summed E-state index contributed by atoms with van der Waals surface area (Å²) in [6.07, 6.45) is 1.17. The van der Waals surface area contributed by atoms with E-state index in [2.05, 4.69) is 0 Å². The quantitative estimate of drug-likeness (QED) is 0.821. The minimum atomic E-state index is -1.49. The zero-order valence-corrected chi connectivity index (χ0v) is 10.3. The summed E-state index contributed by atoms with van der Waals surface area (Å²) >= 11 is 0. The molecule has 19 heavy (non-hydrogen) atoms. The molecule has 0 saturated heterocycles. The normalized spacial score (nSPS) is 11.9. The van der Waals surface area contributed by atoms with Crippen molar-refractivity contribution in [2.45, 2.75) is 5.60 Å². The molecule has 2 rings (SSSR count). The number of rotatable bonds is 3. The lowest BCUT2D eigenvalue weighted by Gasteiger charge is -2.29. The van der Waals surface area contributed by atoms with Crippen molar-refractivity contribution in [1.29, 1.82) is 5.26 Å². The van der Waals surface area contributed by atoms with Gasteiger partial charge in [-0.05, 0) is 11.1 Å². The third-order valence-corrected chi connectivity index (χ3v) is 3.02. The number of nitrogens with two attached hydrogens (primary N) is 1. The Labute approximate surface area is 112 Å². The van der Waals surface area contributed by atoms with Crippen molar-refractivity contribution in [3.8, 4) is 6.07 Å². The average molecular weight is 250 g/mol. The molecule has 0 amide bonds. The summed E-state index contributed by atoms with van der Waals surface area (Å²) in [6.45, 7) is 0. The Morgan fingerprint density at radius 3 is 1.79 bits per heavy atom. The van der Waals surface area contributed by atoms with Crippen molar-refractivity contribution in [3.05, 3.63) is 83.6 Å². The van der Waals surface area contributed by atoms with Gasteiger partial charge in [-0.25, -0.2) is 0 Å². The zero-order chi connectivity index (χ0) is 13.7. The second kappa shape index (κ2) is 5.38. The fourth-order valence-electron chi connectivity index (χ4n) is 2.03. The van der Waals surface area contributed by atoms with E-state index >= 15 is 0 Å². The van der Waals surface area contributed by atoms with E-state index in [9.17, 15) is 5.11 Å². The molecular formula is C16H14N2O. The molecule has 0 heterocycles. The first-order valence-electron chi connectivity index (χ1n) is 5.88. The third kappa shape index (κ3) is 2.35. The van der Waals surface area contributed by atoms with Crippen LogP contribution in [0.25, 0.3) is 0 Å². The molecule has 0 aliphatic rings.